The Labute approximate surface area is 116 Å². The molecule has 0 spiro atoms. The summed E-state index contributed by atoms with van der Waals surface area (Å²) in [6.07, 6.45) is 2.80. The van der Waals surface area contributed by atoms with Gasteiger partial charge in [-0.15, -0.1) is 0 Å². The summed E-state index contributed by atoms with van der Waals surface area (Å²) >= 11 is 3.47. The summed E-state index contributed by atoms with van der Waals surface area (Å²) in [4.78, 5) is 0. The zero-order valence-electron chi connectivity index (χ0n) is 10.6. The normalized spacial score (nSPS) is 21.6. The van der Waals surface area contributed by atoms with Gasteiger partial charge in [-0.25, -0.2) is 4.39 Å². The Morgan fingerprint density at radius 3 is 3.00 bits per heavy atom. The molecule has 1 aromatic rings. The molecular formula is C14H19BrFNO. The highest BCUT2D eigenvalue weighted by atomic mass is 79.9. The summed E-state index contributed by atoms with van der Waals surface area (Å²) < 4.78 is 20.4. The Balaban J connectivity index is 2.03. The van der Waals surface area contributed by atoms with Gasteiger partial charge in [-0.1, -0.05) is 22.4 Å². The fourth-order valence-corrected chi connectivity index (χ4v) is 2.78. The number of nitrogens with one attached hydrogen (secondary N) is 1. The van der Waals surface area contributed by atoms with Crippen molar-refractivity contribution >= 4 is 15.9 Å². The van der Waals surface area contributed by atoms with Crippen LogP contribution in [0.15, 0.2) is 22.7 Å². The molecule has 100 valence electrons. The predicted octanol–water partition coefficient (Wildman–Crippen LogP) is 3.48. The molecule has 18 heavy (non-hydrogen) atoms. The van der Waals surface area contributed by atoms with Gasteiger partial charge in [0, 0.05) is 16.9 Å². The molecule has 0 saturated carbocycles. The van der Waals surface area contributed by atoms with Gasteiger partial charge >= 0.3 is 0 Å². The van der Waals surface area contributed by atoms with Crippen LogP contribution in [-0.2, 0) is 6.42 Å². The molecule has 1 aliphatic heterocycles. The van der Waals surface area contributed by atoms with Crippen molar-refractivity contribution in [3.05, 3.63) is 28.2 Å². The summed E-state index contributed by atoms with van der Waals surface area (Å²) in [5.74, 6) is 0.775. The van der Waals surface area contributed by atoms with E-state index < -0.39 is 6.17 Å². The van der Waals surface area contributed by atoms with Crippen LogP contribution in [-0.4, -0.2) is 25.9 Å². The predicted molar refractivity (Wildman–Crippen MR) is 74.9 cm³/mol. The number of hydrogen-bond donors (Lipinski definition) is 1. The van der Waals surface area contributed by atoms with Gasteiger partial charge in [0.1, 0.15) is 11.9 Å². The van der Waals surface area contributed by atoms with Crippen LogP contribution < -0.4 is 10.1 Å². The highest BCUT2D eigenvalue weighted by Gasteiger charge is 2.23. The van der Waals surface area contributed by atoms with Crippen LogP contribution in [0.2, 0.25) is 0 Å². The molecule has 0 aliphatic carbocycles. The molecule has 4 heteroatoms. The molecule has 2 unspecified atom stereocenters. The summed E-state index contributed by atoms with van der Waals surface area (Å²) in [7, 11) is 1.63. The number of piperidine rings is 1. The third kappa shape index (κ3) is 3.45. The van der Waals surface area contributed by atoms with Crippen molar-refractivity contribution in [2.24, 2.45) is 0 Å². The van der Waals surface area contributed by atoms with E-state index in [9.17, 15) is 4.39 Å². The molecule has 1 fully saturated rings. The number of hydrogen-bond acceptors (Lipinski definition) is 2. The second-order valence-electron chi connectivity index (χ2n) is 4.73. The second-order valence-corrected chi connectivity index (χ2v) is 5.59. The van der Waals surface area contributed by atoms with E-state index in [-0.39, 0.29) is 6.04 Å². The first-order valence-corrected chi connectivity index (χ1v) is 7.20. The highest BCUT2D eigenvalue weighted by molar-refractivity contribution is 9.10. The van der Waals surface area contributed by atoms with E-state index in [2.05, 4.69) is 21.2 Å². The average Bonchev–Trinajstić information content (AvgIpc) is 2.42. The Hall–Kier alpha value is -0.610. The Morgan fingerprint density at radius 2 is 2.33 bits per heavy atom. The number of rotatable bonds is 4. The highest BCUT2D eigenvalue weighted by Crippen LogP contribution is 2.26. The fraction of sp³-hybridized carbons (Fsp3) is 0.571. The third-order valence-electron chi connectivity index (χ3n) is 3.45. The lowest BCUT2D eigenvalue weighted by atomic mass is 9.96. The smallest absolute Gasteiger partial charge is 0.119 e. The molecular weight excluding hydrogens is 297 g/mol. The molecule has 1 heterocycles. The number of benzene rings is 1. The summed E-state index contributed by atoms with van der Waals surface area (Å²) in [5, 5.41) is 3.27. The van der Waals surface area contributed by atoms with Crippen LogP contribution >= 0.6 is 15.9 Å². The fourth-order valence-electron chi connectivity index (χ4n) is 2.37. The Bertz CT molecular complexity index is 393. The van der Waals surface area contributed by atoms with Gasteiger partial charge in [0.25, 0.3) is 0 Å². The Kier molecular flexibility index (Phi) is 5.01. The lowest BCUT2D eigenvalue weighted by Gasteiger charge is -2.26. The van der Waals surface area contributed by atoms with Crippen molar-refractivity contribution < 1.29 is 9.13 Å². The van der Waals surface area contributed by atoms with Crippen LogP contribution in [0.25, 0.3) is 0 Å². The van der Waals surface area contributed by atoms with Crippen molar-refractivity contribution in [3.63, 3.8) is 0 Å². The van der Waals surface area contributed by atoms with Gasteiger partial charge in [-0.2, -0.15) is 0 Å². The monoisotopic (exact) mass is 315 g/mol. The van der Waals surface area contributed by atoms with Gasteiger partial charge in [0.05, 0.1) is 7.11 Å². The number of methoxy groups -OCH3 is 1. The van der Waals surface area contributed by atoms with Crippen molar-refractivity contribution in [1.82, 2.24) is 5.32 Å². The van der Waals surface area contributed by atoms with Crippen molar-refractivity contribution in [1.29, 1.82) is 0 Å². The minimum Gasteiger partial charge on any atom is -0.497 e. The molecule has 1 aromatic carbocycles. The summed E-state index contributed by atoms with van der Waals surface area (Å²) in [5.41, 5.74) is 0.967. The lowest BCUT2D eigenvalue weighted by Crippen LogP contribution is -2.42. The summed E-state index contributed by atoms with van der Waals surface area (Å²) in [6.45, 7) is 0.935. The molecule has 1 saturated heterocycles. The molecule has 0 amide bonds. The molecule has 0 aromatic heterocycles. The summed E-state index contributed by atoms with van der Waals surface area (Å²) in [6, 6.07) is 5.69. The van der Waals surface area contributed by atoms with Gasteiger partial charge in [-0.05, 0) is 43.1 Å². The minimum absolute atomic E-state index is 0.00292. The first-order chi connectivity index (χ1) is 8.70. The largest absolute Gasteiger partial charge is 0.497 e. The minimum atomic E-state index is -0.839. The number of alkyl halides is 1. The molecule has 0 radical (unpaired) electrons. The topological polar surface area (TPSA) is 21.3 Å². The van der Waals surface area contributed by atoms with Gasteiger partial charge in [0.15, 0.2) is 0 Å². The Morgan fingerprint density at radius 1 is 1.50 bits per heavy atom. The zero-order chi connectivity index (χ0) is 13.0. The van der Waals surface area contributed by atoms with Crippen molar-refractivity contribution in [3.8, 4) is 5.75 Å². The van der Waals surface area contributed by atoms with Crippen LogP contribution in [0.5, 0.6) is 5.75 Å². The van der Waals surface area contributed by atoms with Crippen LogP contribution in [0.3, 0.4) is 0 Å². The van der Waals surface area contributed by atoms with Crippen LogP contribution in [0.4, 0.5) is 4.39 Å². The molecule has 2 rings (SSSR count). The van der Waals surface area contributed by atoms with E-state index in [0.29, 0.717) is 6.42 Å². The number of halogens is 2. The van der Waals surface area contributed by atoms with Gasteiger partial charge in [0.2, 0.25) is 0 Å². The van der Waals surface area contributed by atoms with E-state index in [1.54, 1.807) is 7.11 Å². The van der Waals surface area contributed by atoms with E-state index in [0.717, 1.165) is 41.6 Å². The first-order valence-electron chi connectivity index (χ1n) is 6.40. The standard InChI is InChI=1S/C14H19BrFNO/c1-18-11-5-6-12(15)10(8-11)9-13(16)14-4-2-3-7-17-14/h5-6,8,13-14,17H,2-4,7,9H2,1H3. The molecule has 2 nitrogen and oxygen atoms in total. The van der Waals surface area contributed by atoms with Gasteiger partial charge in [-0.3, -0.25) is 0 Å². The van der Waals surface area contributed by atoms with E-state index in [1.807, 2.05) is 18.2 Å². The quantitative estimate of drug-likeness (QED) is 0.918. The SMILES string of the molecule is COc1ccc(Br)c(CC(F)C2CCCCN2)c1. The molecule has 1 N–H and O–H groups in total. The lowest BCUT2D eigenvalue weighted by molar-refractivity contribution is 0.216. The second kappa shape index (κ2) is 6.53. The molecule has 1 aliphatic rings. The average molecular weight is 316 g/mol. The maximum absolute atomic E-state index is 14.3. The number of ether oxygens (including phenoxy) is 1. The molecule has 0 bridgehead atoms. The van der Waals surface area contributed by atoms with E-state index in [4.69, 9.17) is 4.74 Å². The molecule has 2 atom stereocenters. The van der Waals surface area contributed by atoms with Crippen molar-refractivity contribution in [2.45, 2.75) is 37.9 Å². The van der Waals surface area contributed by atoms with Crippen LogP contribution in [0, 0.1) is 0 Å². The van der Waals surface area contributed by atoms with Gasteiger partial charge < -0.3 is 10.1 Å². The van der Waals surface area contributed by atoms with E-state index in [1.165, 1.54) is 0 Å². The third-order valence-corrected chi connectivity index (χ3v) is 4.23. The van der Waals surface area contributed by atoms with Crippen molar-refractivity contribution in [2.75, 3.05) is 13.7 Å². The maximum Gasteiger partial charge on any atom is 0.119 e. The first kappa shape index (κ1) is 13.8. The van der Waals surface area contributed by atoms with E-state index >= 15 is 0 Å². The zero-order valence-corrected chi connectivity index (χ0v) is 12.2. The maximum atomic E-state index is 14.3. The van der Waals surface area contributed by atoms with Crippen LogP contribution in [0.1, 0.15) is 24.8 Å².